The van der Waals surface area contributed by atoms with Crippen molar-refractivity contribution in [3.05, 3.63) is 222 Å². The van der Waals surface area contributed by atoms with Crippen molar-refractivity contribution in [1.82, 2.24) is 0 Å². The molecule has 0 unspecified atom stereocenters. The number of nitrogens with zero attached hydrogens (tertiary/aromatic N) is 1. The largest absolute Gasteiger partial charge is 0.309 e. The van der Waals surface area contributed by atoms with Crippen LogP contribution in [0, 0.1) is 0 Å². The number of rotatable bonds is 4. The number of benzene rings is 9. The van der Waals surface area contributed by atoms with Crippen LogP contribution in [0.5, 0.6) is 0 Å². The minimum atomic E-state index is -0.492. The van der Waals surface area contributed by atoms with Gasteiger partial charge in [0.05, 0.1) is 21.5 Å². The predicted octanol–water partition coefficient (Wildman–Crippen LogP) is 14.7. The van der Waals surface area contributed by atoms with Crippen LogP contribution in [0.25, 0.3) is 64.3 Å². The van der Waals surface area contributed by atoms with Gasteiger partial charge in [0, 0.05) is 26.7 Å². The monoisotopic (exact) mass is 715 g/mol. The molecule has 1 nitrogen and oxygen atoms in total. The van der Waals surface area contributed by atoms with Crippen LogP contribution in [-0.4, -0.2) is 0 Å². The smallest absolute Gasteiger partial charge is 0.0746 e. The normalized spacial score (nSPS) is 13.2. The van der Waals surface area contributed by atoms with Gasteiger partial charge in [-0.3, -0.25) is 0 Å². The average Bonchev–Trinajstić information content (AvgIpc) is 3.90. The van der Waals surface area contributed by atoms with Crippen molar-refractivity contribution in [1.29, 1.82) is 0 Å². The molecule has 0 N–H and O–H groups in total. The summed E-state index contributed by atoms with van der Waals surface area (Å²) in [6, 6.07) is 74.5. The van der Waals surface area contributed by atoms with Gasteiger partial charge in [-0.2, -0.15) is 0 Å². The van der Waals surface area contributed by atoms with E-state index in [2.05, 4.69) is 205 Å². The Bertz CT molecular complexity index is 3090. The molecule has 0 atom stereocenters. The molecule has 2 aliphatic rings. The van der Waals surface area contributed by atoms with Gasteiger partial charge in [0.15, 0.2) is 0 Å². The minimum absolute atomic E-state index is 0.492. The molecule has 2 aliphatic carbocycles. The first kappa shape index (κ1) is 30.7. The van der Waals surface area contributed by atoms with Gasteiger partial charge in [-0.15, -0.1) is 11.3 Å². The average molecular weight is 716 g/mol. The predicted molar refractivity (Wildman–Crippen MR) is 233 cm³/mol. The molecule has 0 saturated carbocycles. The lowest BCUT2D eigenvalue weighted by Gasteiger charge is -2.36. The summed E-state index contributed by atoms with van der Waals surface area (Å²) in [5, 5.41) is 5.16. The molecule has 0 bridgehead atoms. The molecule has 256 valence electrons. The van der Waals surface area contributed by atoms with E-state index in [0.29, 0.717) is 0 Å². The van der Waals surface area contributed by atoms with Gasteiger partial charge in [0.2, 0.25) is 0 Å². The van der Waals surface area contributed by atoms with Crippen molar-refractivity contribution in [3.63, 3.8) is 0 Å². The van der Waals surface area contributed by atoms with E-state index in [1.165, 1.54) is 98.0 Å². The highest BCUT2D eigenvalue weighted by Gasteiger charge is 2.53. The lowest BCUT2D eigenvalue weighted by Crippen LogP contribution is -2.28. The van der Waals surface area contributed by atoms with Crippen LogP contribution in [0.15, 0.2) is 200 Å². The van der Waals surface area contributed by atoms with Gasteiger partial charge >= 0.3 is 0 Å². The Morgan fingerprint density at radius 1 is 0.400 bits per heavy atom. The van der Waals surface area contributed by atoms with Gasteiger partial charge in [-0.05, 0) is 91.2 Å². The van der Waals surface area contributed by atoms with Crippen LogP contribution >= 0.6 is 11.3 Å². The zero-order valence-corrected chi connectivity index (χ0v) is 30.7. The molecule has 0 fully saturated rings. The molecule has 12 rings (SSSR count). The fourth-order valence-electron chi connectivity index (χ4n) is 9.88. The van der Waals surface area contributed by atoms with Gasteiger partial charge in [0.1, 0.15) is 0 Å². The topological polar surface area (TPSA) is 3.24 Å². The Labute approximate surface area is 324 Å². The summed E-state index contributed by atoms with van der Waals surface area (Å²) >= 11 is 1.90. The Hall–Kier alpha value is -6.74. The standard InChI is InChI=1S/C53H33NS/c1-2-15-34(16-3-1)35-29-31-37(32-30-35)54(48-33-36-17-4-5-18-38(36)50-43-22-9-13-28-49(43)55-52(48)50)47-27-14-23-42-41-21-8-12-26-46(41)53(51(42)47)44-24-10-6-19-39(44)40-20-7-11-25-45(40)53/h1-33H. The van der Waals surface area contributed by atoms with Crippen LogP contribution in [0.2, 0.25) is 0 Å². The Morgan fingerprint density at radius 2 is 0.945 bits per heavy atom. The van der Waals surface area contributed by atoms with Crippen LogP contribution in [0.1, 0.15) is 22.3 Å². The third-order valence-corrected chi connectivity index (χ3v) is 13.2. The molecule has 1 heterocycles. The van der Waals surface area contributed by atoms with E-state index in [4.69, 9.17) is 0 Å². The van der Waals surface area contributed by atoms with E-state index < -0.39 is 5.41 Å². The molecule has 55 heavy (non-hydrogen) atoms. The van der Waals surface area contributed by atoms with Crippen molar-refractivity contribution < 1.29 is 0 Å². The second-order valence-electron chi connectivity index (χ2n) is 14.8. The molecule has 9 aromatic carbocycles. The lowest BCUT2D eigenvalue weighted by atomic mass is 9.70. The van der Waals surface area contributed by atoms with Crippen molar-refractivity contribution in [2.24, 2.45) is 0 Å². The number of hydrogen-bond acceptors (Lipinski definition) is 2. The zero-order valence-electron chi connectivity index (χ0n) is 29.9. The highest BCUT2D eigenvalue weighted by atomic mass is 32.1. The molecule has 0 aliphatic heterocycles. The summed E-state index contributed by atoms with van der Waals surface area (Å²) in [6.45, 7) is 0. The maximum Gasteiger partial charge on any atom is 0.0746 e. The molecular formula is C53H33NS. The van der Waals surface area contributed by atoms with E-state index >= 15 is 0 Å². The van der Waals surface area contributed by atoms with E-state index in [1.807, 2.05) is 11.3 Å². The van der Waals surface area contributed by atoms with Crippen LogP contribution in [-0.2, 0) is 5.41 Å². The van der Waals surface area contributed by atoms with E-state index in [9.17, 15) is 0 Å². The Kier molecular flexibility index (Phi) is 6.49. The van der Waals surface area contributed by atoms with Crippen molar-refractivity contribution >= 4 is 59.3 Å². The SMILES string of the molecule is c1ccc(-c2ccc(N(c3cccc4c3C3(c5ccccc5-c5ccccc53)c3ccccc3-4)c3cc4ccccc4c4c3sc3ccccc34)cc2)cc1. The van der Waals surface area contributed by atoms with E-state index in [-0.39, 0.29) is 0 Å². The number of hydrogen-bond donors (Lipinski definition) is 0. The highest BCUT2D eigenvalue weighted by Crippen LogP contribution is 2.65. The summed E-state index contributed by atoms with van der Waals surface area (Å²) in [7, 11) is 0. The van der Waals surface area contributed by atoms with Crippen molar-refractivity contribution in [2.45, 2.75) is 5.41 Å². The molecular weight excluding hydrogens is 683 g/mol. The first-order valence-corrected chi connectivity index (χ1v) is 19.8. The van der Waals surface area contributed by atoms with Crippen LogP contribution < -0.4 is 4.90 Å². The molecule has 1 spiro atoms. The molecule has 0 radical (unpaired) electrons. The Morgan fingerprint density at radius 3 is 1.65 bits per heavy atom. The fourth-order valence-corrected chi connectivity index (χ4v) is 11.1. The van der Waals surface area contributed by atoms with Crippen LogP contribution in [0.4, 0.5) is 17.1 Å². The van der Waals surface area contributed by atoms with E-state index in [0.717, 1.165) is 5.69 Å². The second kappa shape index (κ2) is 11.6. The third kappa shape index (κ3) is 4.18. The fraction of sp³-hybridized carbons (Fsp3) is 0.0189. The maximum atomic E-state index is 2.58. The molecule has 1 aromatic heterocycles. The lowest BCUT2D eigenvalue weighted by molar-refractivity contribution is 0.793. The quantitative estimate of drug-likeness (QED) is 0.175. The summed E-state index contributed by atoms with van der Waals surface area (Å²) < 4.78 is 2.59. The Balaban J connectivity index is 1.22. The van der Waals surface area contributed by atoms with Gasteiger partial charge < -0.3 is 4.90 Å². The van der Waals surface area contributed by atoms with Gasteiger partial charge in [-0.25, -0.2) is 0 Å². The molecule has 2 heteroatoms. The number of fused-ring (bicyclic) bond motifs is 15. The molecule has 0 saturated heterocycles. The molecule has 10 aromatic rings. The van der Waals surface area contributed by atoms with E-state index in [1.54, 1.807) is 0 Å². The maximum absolute atomic E-state index is 2.58. The number of anilines is 3. The summed E-state index contributed by atoms with van der Waals surface area (Å²) in [5.41, 5.74) is 16.0. The van der Waals surface area contributed by atoms with Gasteiger partial charge in [0.25, 0.3) is 0 Å². The first-order valence-electron chi connectivity index (χ1n) is 19.0. The van der Waals surface area contributed by atoms with Crippen molar-refractivity contribution in [2.75, 3.05) is 4.90 Å². The van der Waals surface area contributed by atoms with Gasteiger partial charge in [-0.1, -0.05) is 170 Å². The van der Waals surface area contributed by atoms with Crippen molar-refractivity contribution in [3.8, 4) is 33.4 Å². The zero-order chi connectivity index (χ0) is 36.1. The third-order valence-electron chi connectivity index (χ3n) is 12.1. The number of thiophene rings is 1. The second-order valence-corrected chi connectivity index (χ2v) is 15.8. The van der Waals surface area contributed by atoms with Crippen LogP contribution in [0.3, 0.4) is 0 Å². The summed E-state index contributed by atoms with van der Waals surface area (Å²) in [4.78, 5) is 2.58. The highest BCUT2D eigenvalue weighted by molar-refractivity contribution is 7.26. The first-order chi connectivity index (χ1) is 27.3. The summed E-state index contributed by atoms with van der Waals surface area (Å²) in [5.74, 6) is 0. The minimum Gasteiger partial charge on any atom is -0.309 e. The summed E-state index contributed by atoms with van der Waals surface area (Å²) in [6.07, 6.45) is 0. The molecule has 0 amide bonds.